The summed E-state index contributed by atoms with van der Waals surface area (Å²) in [5, 5.41) is 11.3. The van der Waals surface area contributed by atoms with Gasteiger partial charge < -0.3 is 15.8 Å². The number of carbonyl (C=O) groups is 1. The lowest BCUT2D eigenvalue weighted by atomic mass is 10.2. The van der Waals surface area contributed by atoms with Crippen LogP contribution in [0.25, 0.3) is 5.69 Å². The molecular weight excluding hydrogens is 384 g/mol. The van der Waals surface area contributed by atoms with Crippen molar-refractivity contribution in [3.05, 3.63) is 77.9 Å². The highest BCUT2D eigenvalue weighted by molar-refractivity contribution is 5.86. The monoisotopic (exact) mass is 402 g/mol. The molecule has 2 heterocycles. The molecule has 4 rings (SSSR count). The van der Waals surface area contributed by atoms with Crippen LogP contribution in [-0.4, -0.2) is 35.9 Å². The number of nitrogens with two attached hydrogens (primary N) is 1. The predicted octanol–water partition coefficient (Wildman–Crippen LogP) is 2.44. The maximum absolute atomic E-state index is 12.3. The number of benzene rings is 2. The van der Waals surface area contributed by atoms with Gasteiger partial charge in [-0.05, 0) is 31.2 Å². The lowest BCUT2D eigenvalue weighted by Crippen LogP contribution is -2.12. The third-order valence-electron chi connectivity index (χ3n) is 4.03. The first-order valence-electron chi connectivity index (χ1n) is 9.06. The number of carbonyl (C=O) groups excluding carboxylic acids is 1. The predicted molar refractivity (Wildman–Crippen MR) is 109 cm³/mol. The summed E-state index contributed by atoms with van der Waals surface area (Å²) in [6, 6.07) is 16.9. The zero-order valence-electron chi connectivity index (χ0n) is 16.1. The summed E-state index contributed by atoms with van der Waals surface area (Å²) < 4.78 is 5.25. The summed E-state index contributed by atoms with van der Waals surface area (Å²) in [6.07, 6.45) is 1.33. The third kappa shape index (κ3) is 4.55. The van der Waals surface area contributed by atoms with Crippen LogP contribution < -0.4 is 11.1 Å². The van der Waals surface area contributed by atoms with Crippen LogP contribution in [0.3, 0.4) is 0 Å². The Labute approximate surface area is 171 Å². The van der Waals surface area contributed by atoms with Crippen molar-refractivity contribution in [1.82, 2.24) is 29.9 Å². The molecule has 4 aromatic rings. The van der Waals surface area contributed by atoms with Gasteiger partial charge in [-0.25, -0.2) is 4.79 Å². The fraction of sp³-hybridized carbons (Fsp3) is 0.100. The molecule has 0 radical (unpaired) electrons. The number of rotatable bonds is 6. The van der Waals surface area contributed by atoms with Gasteiger partial charge in [-0.1, -0.05) is 35.9 Å². The van der Waals surface area contributed by atoms with E-state index < -0.39 is 5.97 Å². The van der Waals surface area contributed by atoms with Gasteiger partial charge in [0.15, 0.2) is 18.1 Å². The molecule has 30 heavy (non-hydrogen) atoms. The van der Waals surface area contributed by atoms with Gasteiger partial charge in [-0.3, -0.25) is 0 Å². The third-order valence-corrected chi connectivity index (χ3v) is 4.03. The lowest BCUT2D eigenvalue weighted by Gasteiger charge is -2.08. The van der Waals surface area contributed by atoms with Crippen molar-refractivity contribution in [1.29, 1.82) is 0 Å². The number of nitrogens with one attached hydrogen (secondary N) is 1. The number of anilines is 3. The van der Waals surface area contributed by atoms with E-state index in [1.807, 2.05) is 61.5 Å². The first-order valence-corrected chi connectivity index (χ1v) is 9.06. The minimum absolute atomic E-state index is 0.0145. The number of hydrogen-bond acceptors (Lipinski definition) is 9. The summed E-state index contributed by atoms with van der Waals surface area (Å²) in [7, 11) is 0. The van der Waals surface area contributed by atoms with Gasteiger partial charge in [0.2, 0.25) is 11.9 Å². The van der Waals surface area contributed by atoms with Crippen molar-refractivity contribution in [3.8, 4) is 5.69 Å². The largest absolute Gasteiger partial charge is 0.453 e. The SMILES string of the molecule is Cc1ccc(Nc2nc(N)nc(COC(=O)c3cnn(-c4ccccc4)n3)n2)cc1. The van der Waals surface area contributed by atoms with Gasteiger partial charge >= 0.3 is 5.97 Å². The van der Waals surface area contributed by atoms with E-state index in [-0.39, 0.29) is 30.0 Å². The summed E-state index contributed by atoms with van der Waals surface area (Å²) >= 11 is 0. The van der Waals surface area contributed by atoms with Crippen molar-refractivity contribution in [2.75, 3.05) is 11.1 Å². The van der Waals surface area contributed by atoms with E-state index in [0.717, 1.165) is 16.9 Å². The van der Waals surface area contributed by atoms with Gasteiger partial charge in [0, 0.05) is 5.69 Å². The minimum Gasteiger partial charge on any atom is -0.453 e. The minimum atomic E-state index is -0.649. The van der Waals surface area contributed by atoms with E-state index in [1.54, 1.807) is 0 Å². The van der Waals surface area contributed by atoms with Crippen molar-refractivity contribution < 1.29 is 9.53 Å². The number of nitrogen functional groups attached to an aromatic ring is 1. The molecule has 0 aliphatic heterocycles. The van der Waals surface area contributed by atoms with Gasteiger partial charge in [0.05, 0.1) is 11.9 Å². The highest BCUT2D eigenvalue weighted by atomic mass is 16.5. The average Bonchev–Trinajstić information content (AvgIpc) is 3.24. The fourth-order valence-electron chi connectivity index (χ4n) is 2.57. The van der Waals surface area contributed by atoms with Crippen molar-refractivity contribution in [3.63, 3.8) is 0 Å². The molecule has 150 valence electrons. The van der Waals surface area contributed by atoms with Gasteiger partial charge in [0.1, 0.15) is 0 Å². The van der Waals surface area contributed by atoms with Crippen LogP contribution in [0.1, 0.15) is 21.9 Å². The Morgan fingerprint density at radius 2 is 1.83 bits per heavy atom. The van der Waals surface area contributed by atoms with Crippen LogP contribution in [0.5, 0.6) is 0 Å². The quantitative estimate of drug-likeness (QED) is 0.466. The van der Waals surface area contributed by atoms with Crippen LogP contribution in [0.2, 0.25) is 0 Å². The summed E-state index contributed by atoms with van der Waals surface area (Å²) in [5.41, 5.74) is 8.48. The molecule has 0 amide bonds. The fourth-order valence-corrected chi connectivity index (χ4v) is 2.57. The van der Waals surface area contributed by atoms with E-state index in [1.165, 1.54) is 11.0 Å². The first kappa shape index (κ1) is 19.0. The Morgan fingerprint density at radius 3 is 2.60 bits per heavy atom. The highest BCUT2D eigenvalue weighted by Crippen LogP contribution is 2.15. The Kier molecular flexibility index (Phi) is 5.29. The second-order valence-corrected chi connectivity index (χ2v) is 6.36. The molecule has 10 heteroatoms. The van der Waals surface area contributed by atoms with E-state index in [0.29, 0.717) is 0 Å². The molecule has 0 atom stereocenters. The van der Waals surface area contributed by atoms with E-state index >= 15 is 0 Å². The maximum atomic E-state index is 12.3. The molecule has 2 aromatic heterocycles. The van der Waals surface area contributed by atoms with Gasteiger partial charge in [-0.15, -0.1) is 5.10 Å². The molecule has 0 unspecified atom stereocenters. The number of ether oxygens (including phenoxy) is 1. The normalized spacial score (nSPS) is 10.6. The number of para-hydroxylation sites is 1. The van der Waals surface area contributed by atoms with Crippen molar-refractivity contribution in [2.45, 2.75) is 13.5 Å². The second kappa shape index (κ2) is 8.35. The van der Waals surface area contributed by atoms with Crippen molar-refractivity contribution >= 4 is 23.6 Å². The van der Waals surface area contributed by atoms with E-state index in [2.05, 4.69) is 30.5 Å². The zero-order valence-corrected chi connectivity index (χ0v) is 16.1. The molecule has 0 aliphatic carbocycles. The molecule has 10 nitrogen and oxygen atoms in total. The number of hydrogen-bond donors (Lipinski definition) is 2. The van der Waals surface area contributed by atoms with E-state index in [4.69, 9.17) is 10.5 Å². The second-order valence-electron chi connectivity index (χ2n) is 6.36. The lowest BCUT2D eigenvalue weighted by molar-refractivity contribution is 0.0454. The molecule has 0 spiro atoms. The van der Waals surface area contributed by atoms with Crippen LogP contribution in [-0.2, 0) is 11.3 Å². The topological polar surface area (TPSA) is 134 Å². The maximum Gasteiger partial charge on any atom is 0.361 e. The number of esters is 1. The Bertz CT molecular complexity index is 1160. The standard InChI is InChI=1S/C20H18N8O2/c1-13-7-9-14(10-8-13)23-20-25-17(24-19(21)26-20)12-30-18(29)16-11-22-28(27-16)15-5-3-2-4-6-15/h2-11H,12H2,1H3,(H3,21,23,24,25,26). The van der Waals surface area contributed by atoms with Gasteiger partial charge in [-0.2, -0.15) is 24.8 Å². The number of nitrogens with zero attached hydrogens (tertiary/aromatic N) is 6. The Balaban J connectivity index is 1.42. The van der Waals surface area contributed by atoms with Gasteiger partial charge in [0.25, 0.3) is 0 Å². The smallest absolute Gasteiger partial charge is 0.361 e. The zero-order chi connectivity index (χ0) is 20.9. The first-order chi connectivity index (χ1) is 14.6. The summed E-state index contributed by atoms with van der Waals surface area (Å²) in [5.74, 6) is -0.168. The molecule has 2 aromatic carbocycles. The van der Waals surface area contributed by atoms with Crippen LogP contribution in [0, 0.1) is 6.92 Å². The molecule has 0 aliphatic rings. The van der Waals surface area contributed by atoms with Crippen LogP contribution in [0.15, 0.2) is 60.8 Å². The molecule has 0 saturated heterocycles. The highest BCUT2D eigenvalue weighted by Gasteiger charge is 2.15. The Hall–Kier alpha value is -4.34. The number of aromatic nitrogens is 6. The Morgan fingerprint density at radius 1 is 1.07 bits per heavy atom. The summed E-state index contributed by atoms with van der Waals surface area (Å²) in [6.45, 7) is 1.81. The van der Waals surface area contributed by atoms with Crippen LogP contribution in [0.4, 0.5) is 17.6 Å². The molecule has 3 N–H and O–H groups in total. The molecule has 0 saturated carbocycles. The molecular formula is C20H18N8O2. The molecule has 0 bridgehead atoms. The summed E-state index contributed by atoms with van der Waals surface area (Å²) in [4.78, 5) is 25.9. The van der Waals surface area contributed by atoms with Crippen LogP contribution >= 0.6 is 0 Å². The molecule has 0 fully saturated rings. The van der Waals surface area contributed by atoms with E-state index in [9.17, 15) is 4.79 Å². The number of aryl methyl sites for hydroxylation is 1. The van der Waals surface area contributed by atoms with Crippen molar-refractivity contribution in [2.24, 2.45) is 0 Å². The average molecular weight is 402 g/mol.